The van der Waals surface area contributed by atoms with Crippen LogP contribution < -0.4 is 8.92 Å². The molecule has 0 saturated carbocycles. The van der Waals surface area contributed by atoms with E-state index in [-0.39, 0.29) is 10.8 Å². The van der Waals surface area contributed by atoms with Gasteiger partial charge in [0.1, 0.15) is 16.4 Å². The molecular formula is C19H24O4S. The summed E-state index contributed by atoms with van der Waals surface area (Å²) >= 11 is 0. The van der Waals surface area contributed by atoms with E-state index in [0.717, 1.165) is 22.3 Å². The third kappa shape index (κ3) is 3.90. The second-order valence-electron chi connectivity index (χ2n) is 6.38. The van der Waals surface area contributed by atoms with Crippen LogP contribution in [0.4, 0.5) is 0 Å². The quantitative estimate of drug-likeness (QED) is 0.746. The molecule has 2 rings (SSSR count). The molecule has 0 fully saturated rings. The first-order valence-corrected chi connectivity index (χ1v) is 9.26. The van der Waals surface area contributed by atoms with Crippen LogP contribution in [0, 0.1) is 20.8 Å². The molecule has 0 spiro atoms. The number of ether oxygens (including phenoxy) is 1. The van der Waals surface area contributed by atoms with Crippen molar-refractivity contribution in [3.63, 3.8) is 0 Å². The van der Waals surface area contributed by atoms with Gasteiger partial charge in [-0.3, -0.25) is 0 Å². The van der Waals surface area contributed by atoms with E-state index in [1.165, 1.54) is 7.11 Å². The minimum atomic E-state index is -3.99. The van der Waals surface area contributed by atoms with Gasteiger partial charge in [0.05, 0.1) is 7.11 Å². The van der Waals surface area contributed by atoms with E-state index in [0.29, 0.717) is 11.5 Å². The fraction of sp³-hybridized carbons (Fsp3) is 0.368. The molecule has 0 aromatic heterocycles. The van der Waals surface area contributed by atoms with E-state index in [9.17, 15) is 8.42 Å². The molecule has 0 saturated heterocycles. The lowest BCUT2D eigenvalue weighted by atomic mass is 9.98. The minimum absolute atomic E-state index is 0.0541. The number of methoxy groups -OCH3 is 1. The zero-order valence-electron chi connectivity index (χ0n) is 15.0. The molecule has 2 aromatic carbocycles. The Morgan fingerprint density at radius 2 is 1.50 bits per heavy atom. The average Bonchev–Trinajstić information content (AvgIpc) is 2.44. The minimum Gasteiger partial charge on any atom is -0.495 e. The van der Waals surface area contributed by atoms with Crippen LogP contribution in [0.15, 0.2) is 35.2 Å². The van der Waals surface area contributed by atoms with Gasteiger partial charge in [0.25, 0.3) is 0 Å². The van der Waals surface area contributed by atoms with Crippen molar-refractivity contribution < 1.29 is 17.3 Å². The summed E-state index contributed by atoms with van der Waals surface area (Å²) < 4.78 is 36.2. The Morgan fingerprint density at radius 3 is 2.00 bits per heavy atom. The van der Waals surface area contributed by atoms with Crippen LogP contribution in [0.25, 0.3) is 0 Å². The average molecular weight is 348 g/mol. The second-order valence-corrected chi connectivity index (χ2v) is 7.89. The predicted octanol–water partition coefficient (Wildman–Crippen LogP) is 4.51. The van der Waals surface area contributed by atoms with E-state index < -0.39 is 10.1 Å². The van der Waals surface area contributed by atoms with Crippen molar-refractivity contribution in [2.45, 2.75) is 45.4 Å². The van der Waals surface area contributed by atoms with Crippen LogP contribution in [0.5, 0.6) is 11.5 Å². The van der Waals surface area contributed by atoms with Crippen molar-refractivity contribution in [1.82, 2.24) is 0 Å². The molecule has 24 heavy (non-hydrogen) atoms. The van der Waals surface area contributed by atoms with E-state index >= 15 is 0 Å². The maximum Gasteiger partial charge on any atom is 0.342 e. The zero-order valence-corrected chi connectivity index (χ0v) is 15.8. The van der Waals surface area contributed by atoms with Crippen molar-refractivity contribution >= 4 is 10.1 Å². The highest BCUT2D eigenvalue weighted by Crippen LogP contribution is 2.33. The third-order valence-corrected chi connectivity index (χ3v) is 5.11. The molecule has 0 aliphatic rings. The van der Waals surface area contributed by atoms with Crippen molar-refractivity contribution in [1.29, 1.82) is 0 Å². The lowest BCUT2D eigenvalue weighted by molar-refractivity contribution is 0.397. The smallest absolute Gasteiger partial charge is 0.342 e. The Labute approximate surface area is 144 Å². The highest BCUT2D eigenvalue weighted by molar-refractivity contribution is 7.87. The van der Waals surface area contributed by atoms with Crippen molar-refractivity contribution in [2.75, 3.05) is 7.11 Å². The van der Waals surface area contributed by atoms with Crippen molar-refractivity contribution in [2.24, 2.45) is 0 Å². The molecular weight excluding hydrogens is 324 g/mol. The summed E-state index contributed by atoms with van der Waals surface area (Å²) in [5, 5.41) is 0. The first kappa shape index (κ1) is 18.3. The number of rotatable bonds is 5. The predicted molar refractivity (Wildman–Crippen MR) is 95.5 cm³/mol. The molecule has 5 heteroatoms. The van der Waals surface area contributed by atoms with Gasteiger partial charge in [0.2, 0.25) is 0 Å². The number of aryl methyl sites for hydroxylation is 3. The molecule has 0 unspecified atom stereocenters. The summed E-state index contributed by atoms with van der Waals surface area (Å²) in [7, 11) is -2.53. The molecule has 0 heterocycles. The zero-order chi connectivity index (χ0) is 18.1. The standard InChI is InChI=1S/C19H24O4S/c1-12(2)17-11-19(18(22-6)10-15(17)5)24(20,21)23-16-8-13(3)7-14(4)9-16/h7-12H,1-6H3. The van der Waals surface area contributed by atoms with Gasteiger partial charge in [0.15, 0.2) is 0 Å². The van der Waals surface area contributed by atoms with Crippen LogP contribution in [0.3, 0.4) is 0 Å². The van der Waals surface area contributed by atoms with Crippen LogP contribution >= 0.6 is 0 Å². The number of hydrogen-bond donors (Lipinski definition) is 0. The second kappa shape index (κ2) is 6.85. The molecule has 0 amide bonds. The summed E-state index contributed by atoms with van der Waals surface area (Å²) in [6, 6.07) is 8.76. The Bertz CT molecular complexity index is 832. The molecule has 0 atom stereocenters. The van der Waals surface area contributed by atoms with Crippen LogP contribution in [0.1, 0.15) is 42.0 Å². The van der Waals surface area contributed by atoms with Gasteiger partial charge in [-0.25, -0.2) is 0 Å². The first-order valence-electron chi connectivity index (χ1n) is 7.85. The Hall–Kier alpha value is -2.01. The molecule has 2 aromatic rings. The molecule has 0 N–H and O–H groups in total. The Kier molecular flexibility index (Phi) is 5.23. The van der Waals surface area contributed by atoms with E-state index in [2.05, 4.69) is 0 Å². The van der Waals surface area contributed by atoms with E-state index in [4.69, 9.17) is 8.92 Å². The maximum absolute atomic E-state index is 12.8. The van der Waals surface area contributed by atoms with Gasteiger partial charge in [-0.15, -0.1) is 0 Å². The SMILES string of the molecule is COc1cc(C)c(C(C)C)cc1S(=O)(=O)Oc1cc(C)cc(C)c1. The number of benzene rings is 2. The molecule has 0 aliphatic carbocycles. The molecule has 130 valence electrons. The number of hydrogen-bond acceptors (Lipinski definition) is 4. The van der Waals surface area contributed by atoms with E-state index in [1.54, 1.807) is 24.3 Å². The van der Waals surface area contributed by atoms with Gasteiger partial charge >= 0.3 is 10.1 Å². The summed E-state index contributed by atoms with van der Waals surface area (Å²) in [4.78, 5) is 0.0541. The summed E-state index contributed by atoms with van der Waals surface area (Å²) in [5.41, 5.74) is 3.84. The van der Waals surface area contributed by atoms with Gasteiger partial charge in [0, 0.05) is 0 Å². The largest absolute Gasteiger partial charge is 0.495 e. The molecule has 0 radical (unpaired) electrons. The highest BCUT2D eigenvalue weighted by Gasteiger charge is 2.24. The summed E-state index contributed by atoms with van der Waals surface area (Å²) in [6.45, 7) is 9.79. The summed E-state index contributed by atoms with van der Waals surface area (Å²) in [6.07, 6.45) is 0. The van der Waals surface area contributed by atoms with Crippen LogP contribution in [-0.4, -0.2) is 15.5 Å². The maximum atomic E-state index is 12.8. The molecule has 0 bridgehead atoms. The van der Waals surface area contributed by atoms with Crippen molar-refractivity contribution in [3.05, 3.63) is 52.6 Å². The van der Waals surface area contributed by atoms with Gasteiger partial charge in [-0.05, 0) is 73.2 Å². The van der Waals surface area contributed by atoms with Gasteiger partial charge < -0.3 is 8.92 Å². The molecule has 0 aliphatic heterocycles. The van der Waals surface area contributed by atoms with E-state index in [1.807, 2.05) is 40.7 Å². The third-order valence-electron chi connectivity index (χ3n) is 3.84. The normalized spacial score (nSPS) is 11.6. The van der Waals surface area contributed by atoms with Crippen LogP contribution in [0.2, 0.25) is 0 Å². The fourth-order valence-electron chi connectivity index (χ4n) is 2.81. The highest BCUT2D eigenvalue weighted by atomic mass is 32.2. The monoisotopic (exact) mass is 348 g/mol. The Balaban J connectivity index is 2.53. The first-order chi connectivity index (χ1) is 11.1. The van der Waals surface area contributed by atoms with Gasteiger partial charge in [-0.2, -0.15) is 8.42 Å². The topological polar surface area (TPSA) is 52.6 Å². The lowest BCUT2D eigenvalue weighted by Gasteiger charge is -2.16. The summed E-state index contributed by atoms with van der Waals surface area (Å²) in [5.74, 6) is 0.800. The Morgan fingerprint density at radius 1 is 0.917 bits per heavy atom. The van der Waals surface area contributed by atoms with Crippen LogP contribution in [-0.2, 0) is 10.1 Å². The molecule has 4 nitrogen and oxygen atoms in total. The van der Waals surface area contributed by atoms with Crippen molar-refractivity contribution in [3.8, 4) is 11.5 Å². The van der Waals surface area contributed by atoms with Gasteiger partial charge in [-0.1, -0.05) is 19.9 Å². The lowest BCUT2D eigenvalue weighted by Crippen LogP contribution is -2.12. The fourth-order valence-corrected chi connectivity index (χ4v) is 3.91.